The Morgan fingerprint density at radius 2 is 1.72 bits per heavy atom. The molecule has 1 aliphatic rings. The molecule has 2 amide bonds. The molecule has 0 aromatic heterocycles. The second-order valence-electron chi connectivity index (χ2n) is 6.87. The fourth-order valence-electron chi connectivity index (χ4n) is 3.17. The SMILES string of the molecule is CO/N=C/c1ccc(C(=O)N2CCN(CC(=O)NCc3ccccc3)CC2)cc1. The molecule has 0 spiro atoms. The first kappa shape index (κ1) is 20.5. The Hall–Kier alpha value is -3.19. The highest BCUT2D eigenvalue weighted by Gasteiger charge is 2.23. The van der Waals surface area contributed by atoms with Gasteiger partial charge in [0.15, 0.2) is 0 Å². The van der Waals surface area contributed by atoms with Gasteiger partial charge in [-0.05, 0) is 23.3 Å². The van der Waals surface area contributed by atoms with E-state index in [0.717, 1.165) is 11.1 Å². The van der Waals surface area contributed by atoms with Crippen molar-refractivity contribution >= 4 is 18.0 Å². The Morgan fingerprint density at radius 1 is 1.03 bits per heavy atom. The Balaban J connectivity index is 1.43. The van der Waals surface area contributed by atoms with E-state index in [2.05, 4.69) is 20.2 Å². The van der Waals surface area contributed by atoms with Crippen LogP contribution >= 0.6 is 0 Å². The summed E-state index contributed by atoms with van der Waals surface area (Å²) in [7, 11) is 1.49. The van der Waals surface area contributed by atoms with E-state index < -0.39 is 0 Å². The lowest BCUT2D eigenvalue weighted by atomic mass is 10.1. The van der Waals surface area contributed by atoms with Crippen LogP contribution in [0, 0.1) is 0 Å². The monoisotopic (exact) mass is 394 g/mol. The van der Waals surface area contributed by atoms with E-state index >= 15 is 0 Å². The van der Waals surface area contributed by atoms with Crippen LogP contribution in [-0.4, -0.2) is 67.7 Å². The van der Waals surface area contributed by atoms with Crippen molar-refractivity contribution in [1.29, 1.82) is 0 Å². The number of carbonyl (C=O) groups excluding carboxylic acids is 2. The fraction of sp³-hybridized carbons (Fsp3) is 0.318. The third kappa shape index (κ3) is 6.15. The lowest BCUT2D eigenvalue weighted by Crippen LogP contribution is -2.51. The number of hydrogen-bond acceptors (Lipinski definition) is 5. The molecule has 0 aliphatic carbocycles. The number of hydrogen-bond donors (Lipinski definition) is 1. The highest BCUT2D eigenvalue weighted by atomic mass is 16.6. The normalized spacial score (nSPS) is 14.7. The van der Waals surface area contributed by atoms with E-state index in [9.17, 15) is 9.59 Å². The molecule has 0 unspecified atom stereocenters. The van der Waals surface area contributed by atoms with Crippen LogP contribution in [0.15, 0.2) is 59.8 Å². The van der Waals surface area contributed by atoms with Gasteiger partial charge >= 0.3 is 0 Å². The minimum atomic E-state index is 0.00180. The quantitative estimate of drug-likeness (QED) is 0.573. The second kappa shape index (κ2) is 10.4. The number of nitrogens with zero attached hydrogens (tertiary/aromatic N) is 3. The van der Waals surface area contributed by atoms with Crippen LogP contribution in [0.4, 0.5) is 0 Å². The summed E-state index contributed by atoms with van der Waals surface area (Å²) in [6, 6.07) is 17.1. The third-order valence-corrected chi connectivity index (χ3v) is 4.82. The fourth-order valence-corrected chi connectivity index (χ4v) is 3.17. The summed E-state index contributed by atoms with van der Waals surface area (Å²) < 4.78 is 0. The first-order valence-corrected chi connectivity index (χ1v) is 9.64. The van der Waals surface area contributed by atoms with Gasteiger partial charge in [-0.3, -0.25) is 14.5 Å². The molecule has 2 aromatic carbocycles. The molecule has 0 radical (unpaired) electrons. The number of nitrogens with one attached hydrogen (secondary N) is 1. The molecule has 152 valence electrons. The van der Waals surface area contributed by atoms with Gasteiger partial charge in [0.25, 0.3) is 5.91 Å². The summed E-state index contributed by atoms with van der Waals surface area (Å²) in [5.41, 5.74) is 2.60. The number of oxime groups is 1. The molecule has 0 atom stereocenters. The van der Waals surface area contributed by atoms with Gasteiger partial charge < -0.3 is 15.1 Å². The highest BCUT2D eigenvalue weighted by Crippen LogP contribution is 2.10. The van der Waals surface area contributed by atoms with Crippen molar-refractivity contribution in [2.45, 2.75) is 6.54 Å². The minimum Gasteiger partial charge on any atom is -0.399 e. The summed E-state index contributed by atoms with van der Waals surface area (Å²) in [6.07, 6.45) is 1.59. The summed E-state index contributed by atoms with van der Waals surface area (Å²) in [5, 5.41) is 6.66. The van der Waals surface area contributed by atoms with Gasteiger partial charge in [-0.25, -0.2) is 0 Å². The second-order valence-corrected chi connectivity index (χ2v) is 6.87. The molecular formula is C22H26N4O3. The van der Waals surface area contributed by atoms with E-state index in [-0.39, 0.29) is 11.8 Å². The van der Waals surface area contributed by atoms with Crippen molar-refractivity contribution in [3.8, 4) is 0 Å². The van der Waals surface area contributed by atoms with Crippen molar-refractivity contribution in [1.82, 2.24) is 15.1 Å². The Labute approximate surface area is 170 Å². The first-order valence-electron chi connectivity index (χ1n) is 9.64. The zero-order chi connectivity index (χ0) is 20.5. The summed E-state index contributed by atoms with van der Waals surface area (Å²) >= 11 is 0. The van der Waals surface area contributed by atoms with Gasteiger partial charge in [0.2, 0.25) is 5.91 Å². The molecule has 2 aromatic rings. The number of rotatable bonds is 7. The maximum atomic E-state index is 12.7. The minimum absolute atomic E-state index is 0.00180. The molecular weight excluding hydrogens is 368 g/mol. The smallest absolute Gasteiger partial charge is 0.253 e. The molecule has 7 nitrogen and oxygen atoms in total. The van der Waals surface area contributed by atoms with Crippen LogP contribution in [0.2, 0.25) is 0 Å². The van der Waals surface area contributed by atoms with E-state index in [1.165, 1.54) is 7.11 Å². The zero-order valence-corrected chi connectivity index (χ0v) is 16.6. The van der Waals surface area contributed by atoms with E-state index in [0.29, 0.717) is 44.8 Å². The Morgan fingerprint density at radius 3 is 2.38 bits per heavy atom. The van der Waals surface area contributed by atoms with Gasteiger partial charge in [0.1, 0.15) is 7.11 Å². The number of benzene rings is 2. The van der Waals surface area contributed by atoms with Crippen LogP contribution < -0.4 is 5.32 Å². The van der Waals surface area contributed by atoms with E-state index in [1.54, 1.807) is 18.3 Å². The van der Waals surface area contributed by atoms with Gasteiger partial charge in [0, 0.05) is 38.3 Å². The van der Waals surface area contributed by atoms with Crippen LogP contribution in [0.3, 0.4) is 0 Å². The maximum absolute atomic E-state index is 12.7. The number of carbonyl (C=O) groups is 2. The Bertz CT molecular complexity index is 829. The number of amides is 2. The lowest BCUT2D eigenvalue weighted by Gasteiger charge is -2.34. The molecule has 29 heavy (non-hydrogen) atoms. The molecule has 7 heteroatoms. The summed E-state index contributed by atoms with van der Waals surface area (Å²) in [5.74, 6) is 0.00958. The third-order valence-electron chi connectivity index (χ3n) is 4.82. The van der Waals surface area contributed by atoms with Crippen LogP contribution in [-0.2, 0) is 16.2 Å². The van der Waals surface area contributed by atoms with Crippen molar-refractivity contribution < 1.29 is 14.4 Å². The van der Waals surface area contributed by atoms with Crippen LogP contribution in [0.1, 0.15) is 21.5 Å². The number of piperazine rings is 1. The van der Waals surface area contributed by atoms with Crippen molar-refractivity contribution in [3.63, 3.8) is 0 Å². The van der Waals surface area contributed by atoms with Crippen molar-refractivity contribution in [2.75, 3.05) is 39.8 Å². The topological polar surface area (TPSA) is 74.2 Å². The molecule has 1 aliphatic heterocycles. The molecule has 1 heterocycles. The molecule has 0 bridgehead atoms. The first-order chi connectivity index (χ1) is 14.2. The predicted molar refractivity (Wildman–Crippen MR) is 112 cm³/mol. The molecule has 3 rings (SSSR count). The summed E-state index contributed by atoms with van der Waals surface area (Å²) in [4.78, 5) is 33.4. The molecule has 1 N–H and O–H groups in total. The van der Waals surface area contributed by atoms with Gasteiger partial charge in [0.05, 0.1) is 12.8 Å². The van der Waals surface area contributed by atoms with Gasteiger partial charge in [-0.15, -0.1) is 0 Å². The molecule has 1 saturated heterocycles. The van der Waals surface area contributed by atoms with Crippen molar-refractivity contribution in [2.24, 2.45) is 5.16 Å². The molecule has 1 fully saturated rings. The average Bonchev–Trinajstić information content (AvgIpc) is 2.77. The standard InChI is InChI=1S/C22H26N4O3/c1-29-24-16-19-7-9-20(10-8-19)22(28)26-13-11-25(12-14-26)17-21(27)23-15-18-5-3-2-4-6-18/h2-10,16H,11-15,17H2,1H3,(H,23,27)/b24-16+. The van der Waals surface area contributed by atoms with E-state index in [4.69, 9.17) is 0 Å². The molecule has 0 saturated carbocycles. The zero-order valence-electron chi connectivity index (χ0n) is 16.6. The maximum Gasteiger partial charge on any atom is 0.253 e. The Kier molecular flexibility index (Phi) is 7.35. The lowest BCUT2D eigenvalue weighted by molar-refractivity contribution is -0.122. The van der Waals surface area contributed by atoms with Crippen LogP contribution in [0.5, 0.6) is 0 Å². The van der Waals surface area contributed by atoms with Crippen molar-refractivity contribution in [3.05, 3.63) is 71.3 Å². The largest absolute Gasteiger partial charge is 0.399 e. The predicted octanol–water partition coefficient (Wildman–Crippen LogP) is 1.74. The highest BCUT2D eigenvalue weighted by molar-refractivity contribution is 5.95. The van der Waals surface area contributed by atoms with Gasteiger partial charge in [-0.1, -0.05) is 47.6 Å². The summed E-state index contributed by atoms with van der Waals surface area (Å²) in [6.45, 7) is 3.47. The van der Waals surface area contributed by atoms with E-state index in [1.807, 2.05) is 47.4 Å². The van der Waals surface area contributed by atoms with Crippen LogP contribution in [0.25, 0.3) is 0 Å². The average molecular weight is 394 g/mol. The van der Waals surface area contributed by atoms with Gasteiger partial charge in [-0.2, -0.15) is 0 Å².